The molecule has 1 aromatic carbocycles. The van der Waals surface area contributed by atoms with E-state index in [9.17, 15) is 0 Å². The lowest BCUT2D eigenvalue weighted by Crippen LogP contribution is -2.29. The van der Waals surface area contributed by atoms with Crippen LogP contribution in [-0.4, -0.2) is 12.6 Å². The molecule has 0 amide bonds. The monoisotopic (exact) mass is 237 g/mol. The summed E-state index contributed by atoms with van der Waals surface area (Å²) in [4.78, 5) is 0. The fraction of sp³-hybridized carbons (Fsp3) is 0.385. The Labute approximate surface area is 101 Å². The zero-order valence-corrected chi connectivity index (χ0v) is 10.3. The van der Waals surface area contributed by atoms with E-state index in [1.54, 1.807) is 6.26 Å². The van der Waals surface area contributed by atoms with Gasteiger partial charge >= 0.3 is 0 Å². The van der Waals surface area contributed by atoms with Crippen molar-refractivity contribution < 1.29 is 4.42 Å². The Morgan fingerprint density at radius 2 is 2.19 bits per heavy atom. The van der Waals surface area contributed by atoms with Gasteiger partial charge in [-0.15, -0.1) is 11.6 Å². The maximum Gasteiger partial charge on any atom is 0.133 e. The normalized spacial score (nSPS) is 15.2. The molecule has 2 atom stereocenters. The van der Waals surface area contributed by atoms with Gasteiger partial charge in [0.1, 0.15) is 5.58 Å². The summed E-state index contributed by atoms with van der Waals surface area (Å²) < 4.78 is 5.30. The molecule has 0 fully saturated rings. The zero-order chi connectivity index (χ0) is 11.5. The lowest BCUT2D eigenvalue weighted by atomic mass is 10.0. The average Bonchev–Trinajstić information content (AvgIpc) is 2.75. The molecular formula is C13H16ClNO. The van der Waals surface area contributed by atoms with Gasteiger partial charge in [0.15, 0.2) is 0 Å². The molecule has 1 aromatic heterocycles. The molecular weight excluding hydrogens is 222 g/mol. The summed E-state index contributed by atoms with van der Waals surface area (Å²) in [6.45, 7) is 5.11. The van der Waals surface area contributed by atoms with Crippen LogP contribution in [-0.2, 0) is 0 Å². The molecule has 0 aliphatic rings. The van der Waals surface area contributed by atoms with Gasteiger partial charge in [0.05, 0.1) is 11.6 Å². The first-order chi connectivity index (χ1) is 7.72. The molecule has 86 valence electrons. The number of likely N-dealkylation sites (N-methyl/N-ethyl adjacent to an activating group) is 1. The SMILES string of the molecule is CCNC(C)C(Cl)c1ccc2occc2c1. The van der Waals surface area contributed by atoms with Gasteiger partial charge in [-0.05, 0) is 37.2 Å². The molecule has 1 N–H and O–H groups in total. The summed E-state index contributed by atoms with van der Waals surface area (Å²) >= 11 is 6.41. The summed E-state index contributed by atoms with van der Waals surface area (Å²) in [7, 11) is 0. The van der Waals surface area contributed by atoms with Gasteiger partial charge in [-0.2, -0.15) is 0 Å². The first kappa shape index (κ1) is 11.5. The lowest BCUT2D eigenvalue weighted by Gasteiger charge is -2.19. The predicted molar refractivity (Wildman–Crippen MR) is 67.9 cm³/mol. The van der Waals surface area contributed by atoms with Crippen LogP contribution in [0.1, 0.15) is 24.8 Å². The number of alkyl halides is 1. The summed E-state index contributed by atoms with van der Waals surface area (Å²) in [5, 5.41) is 4.42. The lowest BCUT2D eigenvalue weighted by molar-refractivity contribution is 0.551. The molecule has 0 radical (unpaired) electrons. The maximum absolute atomic E-state index is 6.41. The number of benzene rings is 1. The smallest absolute Gasteiger partial charge is 0.133 e. The van der Waals surface area contributed by atoms with Crippen molar-refractivity contribution in [1.29, 1.82) is 0 Å². The van der Waals surface area contributed by atoms with Gasteiger partial charge in [-0.1, -0.05) is 13.0 Å². The van der Waals surface area contributed by atoms with Crippen molar-refractivity contribution in [3.05, 3.63) is 36.1 Å². The van der Waals surface area contributed by atoms with Crippen LogP contribution in [0.3, 0.4) is 0 Å². The highest BCUT2D eigenvalue weighted by Crippen LogP contribution is 2.27. The van der Waals surface area contributed by atoms with Crippen LogP contribution < -0.4 is 5.32 Å². The largest absolute Gasteiger partial charge is 0.464 e. The van der Waals surface area contributed by atoms with E-state index in [4.69, 9.17) is 16.0 Å². The molecule has 0 spiro atoms. The Kier molecular flexibility index (Phi) is 3.52. The highest BCUT2D eigenvalue weighted by Gasteiger charge is 2.16. The second kappa shape index (κ2) is 4.89. The quantitative estimate of drug-likeness (QED) is 0.821. The van der Waals surface area contributed by atoms with Crippen molar-refractivity contribution in [2.75, 3.05) is 6.54 Å². The standard InChI is InChI=1S/C13H16ClNO/c1-3-15-9(2)13(14)11-4-5-12-10(8-11)6-7-16-12/h4-9,13,15H,3H2,1-2H3. The molecule has 0 bridgehead atoms. The maximum atomic E-state index is 6.41. The van der Waals surface area contributed by atoms with E-state index >= 15 is 0 Å². The Hall–Kier alpha value is -0.990. The number of rotatable bonds is 4. The topological polar surface area (TPSA) is 25.2 Å². The highest BCUT2D eigenvalue weighted by atomic mass is 35.5. The van der Waals surface area contributed by atoms with E-state index in [0.717, 1.165) is 23.1 Å². The molecule has 1 heterocycles. The van der Waals surface area contributed by atoms with Crippen LogP contribution >= 0.6 is 11.6 Å². The molecule has 2 rings (SSSR count). The number of hydrogen-bond acceptors (Lipinski definition) is 2. The van der Waals surface area contributed by atoms with Crippen LogP contribution in [0.4, 0.5) is 0 Å². The fourth-order valence-electron chi connectivity index (χ4n) is 1.87. The molecule has 0 aliphatic carbocycles. The first-order valence-electron chi connectivity index (χ1n) is 5.57. The Morgan fingerprint density at radius 1 is 1.38 bits per heavy atom. The number of halogens is 1. The van der Waals surface area contributed by atoms with Gasteiger partial charge < -0.3 is 9.73 Å². The minimum absolute atomic E-state index is 0.0146. The number of fused-ring (bicyclic) bond motifs is 1. The number of hydrogen-bond donors (Lipinski definition) is 1. The third-order valence-corrected chi connectivity index (χ3v) is 3.39. The minimum Gasteiger partial charge on any atom is -0.464 e. The van der Waals surface area contributed by atoms with Crippen LogP contribution in [0.2, 0.25) is 0 Å². The van der Waals surface area contributed by atoms with Crippen molar-refractivity contribution in [2.24, 2.45) is 0 Å². The van der Waals surface area contributed by atoms with E-state index in [0.29, 0.717) is 0 Å². The number of furan rings is 1. The summed E-state index contributed by atoms with van der Waals surface area (Å²) in [5.74, 6) is 0. The van der Waals surface area contributed by atoms with E-state index < -0.39 is 0 Å². The Morgan fingerprint density at radius 3 is 2.94 bits per heavy atom. The Bertz CT molecular complexity index is 466. The van der Waals surface area contributed by atoms with Crippen LogP contribution in [0.25, 0.3) is 11.0 Å². The van der Waals surface area contributed by atoms with Crippen molar-refractivity contribution >= 4 is 22.6 Å². The summed E-state index contributed by atoms with van der Waals surface area (Å²) in [6, 6.07) is 8.30. The molecule has 3 heteroatoms. The van der Waals surface area contributed by atoms with Gasteiger partial charge in [-0.3, -0.25) is 0 Å². The molecule has 0 aliphatic heterocycles. The van der Waals surface area contributed by atoms with Gasteiger partial charge in [0.2, 0.25) is 0 Å². The van der Waals surface area contributed by atoms with Crippen molar-refractivity contribution in [2.45, 2.75) is 25.3 Å². The van der Waals surface area contributed by atoms with Crippen LogP contribution in [0.5, 0.6) is 0 Å². The van der Waals surface area contributed by atoms with E-state index in [1.807, 2.05) is 18.2 Å². The van der Waals surface area contributed by atoms with Crippen molar-refractivity contribution in [3.8, 4) is 0 Å². The van der Waals surface area contributed by atoms with Crippen molar-refractivity contribution in [3.63, 3.8) is 0 Å². The zero-order valence-electron chi connectivity index (χ0n) is 9.53. The first-order valence-corrected chi connectivity index (χ1v) is 6.00. The fourth-order valence-corrected chi connectivity index (χ4v) is 2.10. The highest BCUT2D eigenvalue weighted by molar-refractivity contribution is 6.21. The van der Waals surface area contributed by atoms with E-state index in [2.05, 4.69) is 25.2 Å². The Balaban J connectivity index is 2.24. The van der Waals surface area contributed by atoms with E-state index in [1.165, 1.54) is 0 Å². The molecule has 2 aromatic rings. The molecule has 16 heavy (non-hydrogen) atoms. The molecule has 2 unspecified atom stereocenters. The molecule has 0 saturated heterocycles. The van der Waals surface area contributed by atoms with Crippen molar-refractivity contribution in [1.82, 2.24) is 5.32 Å². The van der Waals surface area contributed by atoms with Gasteiger partial charge in [0.25, 0.3) is 0 Å². The second-order valence-corrected chi connectivity index (χ2v) is 4.44. The second-order valence-electron chi connectivity index (χ2n) is 3.97. The van der Waals surface area contributed by atoms with Gasteiger partial charge in [0, 0.05) is 11.4 Å². The van der Waals surface area contributed by atoms with Crippen LogP contribution in [0.15, 0.2) is 34.9 Å². The summed E-state index contributed by atoms with van der Waals surface area (Å²) in [6.07, 6.45) is 1.70. The average molecular weight is 238 g/mol. The number of nitrogens with one attached hydrogen (secondary N) is 1. The minimum atomic E-state index is -0.0146. The predicted octanol–water partition coefficient (Wildman–Crippen LogP) is 3.71. The van der Waals surface area contributed by atoms with Crippen LogP contribution in [0, 0.1) is 0 Å². The molecule has 0 saturated carbocycles. The summed E-state index contributed by atoms with van der Waals surface area (Å²) in [5.41, 5.74) is 2.03. The third kappa shape index (κ3) is 2.23. The third-order valence-electron chi connectivity index (χ3n) is 2.76. The van der Waals surface area contributed by atoms with Gasteiger partial charge in [-0.25, -0.2) is 0 Å². The molecule has 2 nitrogen and oxygen atoms in total. The van der Waals surface area contributed by atoms with E-state index in [-0.39, 0.29) is 11.4 Å².